The van der Waals surface area contributed by atoms with Crippen molar-refractivity contribution in [2.45, 2.75) is 58.0 Å². The lowest BCUT2D eigenvalue weighted by Gasteiger charge is -2.27. The van der Waals surface area contributed by atoms with Crippen molar-refractivity contribution in [3.63, 3.8) is 0 Å². The minimum atomic E-state index is 0.617. The van der Waals surface area contributed by atoms with E-state index in [2.05, 4.69) is 29.0 Å². The highest BCUT2D eigenvalue weighted by Gasteiger charge is 2.27. The second kappa shape index (κ2) is 4.75. The van der Waals surface area contributed by atoms with Crippen LogP contribution < -0.4 is 10.2 Å². The highest BCUT2D eigenvalue weighted by Crippen LogP contribution is 2.31. The van der Waals surface area contributed by atoms with Gasteiger partial charge in [0.1, 0.15) is 5.82 Å². The second-order valence-corrected chi connectivity index (χ2v) is 5.37. The number of fused-ring (bicyclic) bond motifs is 1. The summed E-state index contributed by atoms with van der Waals surface area (Å²) in [4.78, 5) is 11.6. The monoisotopic (exact) mass is 246 g/mol. The van der Waals surface area contributed by atoms with Crippen molar-refractivity contribution in [3.8, 4) is 0 Å². The van der Waals surface area contributed by atoms with E-state index in [9.17, 15) is 0 Å². The Kier molecular flexibility index (Phi) is 3.10. The number of hydrogen-bond donors (Lipinski definition) is 1. The van der Waals surface area contributed by atoms with Gasteiger partial charge in [-0.25, -0.2) is 4.98 Å². The molecule has 3 rings (SSSR count). The number of nitrogens with one attached hydrogen (secondary N) is 1. The lowest BCUT2D eigenvalue weighted by molar-refractivity contribution is 0.567. The molecule has 98 valence electrons. The van der Waals surface area contributed by atoms with Gasteiger partial charge in [0.15, 0.2) is 0 Å². The van der Waals surface area contributed by atoms with Crippen molar-refractivity contribution in [1.82, 2.24) is 9.97 Å². The van der Waals surface area contributed by atoms with Crippen molar-refractivity contribution < 1.29 is 0 Å². The molecule has 0 unspecified atom stereocenters. The van der Waals surface area contributed by atoms with Gasteiger partial charge in [-0.3, -0.25) is 0 Å². The third-order valence-electron chi connectivity index (χ3n) is 4.03. The summed E-state index contributed by atoms with van der Waals surface area (Å²) in [5, 5.41) is 3.39. The zero-order valence-electron chi connectivity index (χ0n) is 11.3. The highest BCUT2D eigenvalue weighted by atomic mass is 15.3. The molecule has 4 nitrogen and oxygen atoms in total. The Morgan fingerprint density at radius 2 is 2.17 bits per heavy atom. The predicted octanol–water partition coefficient (Wildman–Crippen LogP) is 2.60. The Morgan fingerprint density at radius 3 is 2.83 bits per heavy atom. The fourth-order valence-corrected chi connectivity index (χ4v) is 2.73. The quantitative estimate of drug-likeness (QED) is 0.867. The standard InChI is InChI=1S/C14H22N4/c1-3-12(4-2)18-8-7-10-9-15-14(17-13(10)18)16-11-5-6-11/h9,11-12H,3-8H2,1-2H3,(H,15,16,17). The molecule has 0 aromatic carbocycles. The summed E-state index contributed by atoms with van der Waals surface area (Å²) in [5.74, 6) is 1.98. The molecule has 18 heavy (non-hydrogen) atoms. The number of anilines is 2. The minimum absolute atomic E-state index is 0.617. The first-order chi connectivity index (χ1) is 8.81. The average molecular weight is 246 g/mol. The van der Waals surface area contributed by atoms with E-state index in [1.165, 1.54) is 37.1 Å². The molecule has 0 bridgehead atoms. The van der Waals surface area contributed by atoms with Crippen molar-refractivity contribution in [2.24, 2.45) is 0 Å². The van der Waals surface area contributed by atoms with E-state index in [4.69, 9.17) is 4.98 Å². The maximum Gasteiger partial charge on any atom is 0.224 e. The third kappa shape index (κ3) is 2.16. The summed E-state index contributed by atoms with van der Waals surface area (Å²) in [7, 11) is 0. The molecular weight excluding hydrogens is 224 g/mol. The lowest BCUT2D eigenvalue weighted by Crippen LogP contribution is -2.33. The van der Waals surface area contributed by atoms with Crippen LogP contribution in [0.3, 0.4) is 0 Å². The molecule has 1 aromatic rings. The average Bonchev–Trinajstić information content (AvgIpc) is 3.11. The molecular formula is C14H22N4. The summed E-state index contributed by atoms with van der Waals surface area (Å²) in [6.07, 6.45) is 8.00. The van der Waals surface area contributed by atoms with E-state index in [1.54, 1.807) is 0 Å². The van der Waals surface area contributed by atoms with E-state index >= 15 is 0 Å². The number of aromatic nitrogens is 2. The van der Waals surface area contributed by atoms with Gasteiger partial charge in [-0.15, -0.1) is 0 Å². The molecule has 2 heterocycles. The summed E-state index contributed by atoms with van der Waals surface area (Å²) in [6.45, 7) is 5.62. The Morgan fingerprint density at radius 1 is 1.39 bits per heavy atom. The molecule has 1 aliphatic heterocycles. The van der Waals surface area contributed by atoms with E-state index in [0.717, 1.165) is 18.9 Å². The zero-order chi connectivity index (χ0) is 12.5. The van der Waals surface area contributed by atoms with Crippen LogP contribution in [0.25, 0.3) is 0 Å². The van der Waals surface area contributed by atoms with E-state index in [1.807, 2.05) is 6.20 Å². The fraction of sp³-hybridized carbons (Fsp3) is 0.714. The van der Waals surface area contributed by atoms with Crippen molar-refractivity contribution in [1.29, 1.82) is 0 Å². The normalized spacial score (nSPS) is 18.3. The Hall–Kier alpha value is -1.32. The smallest absolute Gasteiger partial charge is 0.224 e. The van der Waals surface area contributed by atoms with Crippen LogP contribution >= 0.6 is 0 Å². The van der Waals surface area contributed by atoms with Gasteiger partial charge in [0, 0.05) is 30.4 Å². The fourth-order valence-electron chi connectivity index (χ4n) is 2.73. The van der Waals surface area contributed by atoms with Crippen LogP contribution in [-0.4, -0.2) is 28.6 Å². The Balaban J connectivity index is 1.83. The number of hydrogen-bond acceptors (Lipinski definition) is 4. The summed E-state index contributed by atoms with van der Waals surface area (Å²) < 4.78 is 0. The van der Waals surface area contributed by atoms with Crippen LogP contribution in [0.2, 0.25) is 0 Å². The SMILES string of the molecule is CCC(CC)N1CCc2cnc(NC3CC3)nc21. The van der Waals surface area contributed by atoms with E-state index in [-0.39, 0.29) is 0 Å². The van der Waals surface area contributed by atoms with Gasteiger partial charge in [0.25, 0.3) is 0 Å². The lowest BCUT2D eigenvalue weighted by atomic mass is 10.1. The van der Waals surface area contributed by atoms with Gasteiger partial charge in [-0.2, -0.15) is 4.98 Å². The van der Waals surface area contributed by atoms with Gasteiger partial charge >= 0.3 is 0 Å². The summed E-state index contributed by atoms with van der Waals surface area (Å²) >= 11 is 0. The molecule has 0 radical (unpaired) electrons. The molecule has 2 aliphatic rings. The molecule has 1 saturated carbocycles. The maximum absolute atomic E-state index is 4.74. The van der Waals surface area contributed by atoms with Crippen LogP contribution in [0.5, 0.6) is 0 Å². The predicted molar refractivity (Wildman–Crippen MR) is 74.1 cm³/mol. The van der Waals surface area contributed by atoms with Gasteiger partial charge < -0.3 is 10.2 Å². The van der Waals surface area contributed by atoms with Gasteiger partial charge in [-0.1, -0.05) is 13.8 Å². The minimum Gasteiger partial charge on any atom is -0.353 e. The highest BCUT2D eigenvalue weighted by molar-refractivity contribution is 5.54. The van der Waals surface area contributed by atoms with Gasteiger partial charge in [-0.05, 0) is 32.1 Å². The van der Waals surface area contributed by atoms with E-state index < -0.39 is 0 Å². The van der Waals surface area contributed by atoms with Crippen LogP contribution in [0.1, 0.15) is 45.1 Å². The first kappa shape index (κ1) is 11.8. The van der Waals surface area contributed by atoms with Gasteiger partial charge in [0.05, 0.1) is 0 Å². The second-order valence-electron chi connectivity index (χ2n) is 5.37. The molecule has 1 N–H and O–H groups in total. The third-order valence-corrected chi connectivity index (χ3v) is 4.03. The first-order valence-corrected chi connectivity index (χ1v) is 7.21. The number of nitrogens with zero attached hydrogens (tertiary/aromatic N) is 3. The number of rotatable bonds is 5. The van der Waals surface area contributed by atoms with Crippen molar-refractivity contribution in [2.75, 3.05) is 16.8 Å². The zero-order valence-corrected chi connectivity index (χ0v) is 11.3. The molecule has 0 saturated heterocycles. The summed E-state index contributed by atoms with van der Waals surface area (Å²) in [5.41, 5.74) is 1.31. The molecule has 0 atom stereocenters. The van der Waals surface area contributed by atoms with Crippen molar-refractivity contribution in [3.05, 3.63) is 11.8 Å². The largest absolute Gasteiger partial charge is 0.353 e. The Labute approximate surface area is 109 Å². The van der Waals surface area contributed by atoms with E-state index in [0.29, 0.717) is 12.1 Å². The maximum atomic E-state index is 4.74. The molecule has 0 amide bonds. The van der Waals surface area contributed by atoms with Crippen LogP contribution in [-0.2, 0) is 6.42 Å². The molecule has 1 aliphatic carbocycles. The molecule has 0 spiro atoms. The van der Waals surface area contributed by atoms with Crippen LogP contribution in [0, 0.1) is 0 Å². The first-order valence-electron chi connectivity index (χ1n) is 7.21. The molecule has 1 fully saturated rings. The Bertz CT molecular complexity index is 424. The molecule has 1 aromatic heterocycles. The van der Waals surface area contributed by atoms with Crippen molar-refractivity contribution >= 4 is 11.8 Å². The van der Waals surface area contributed by atoms with Crippen LogP contribution in [0.15, 0.2) is 6.20 Å². The van der Waals surface area contributed by atoms with Gasteiger partial charge in [0.2, 0.25) is 5.95 Å². The summed E-state index contributed by atoms with van der Waals surface area (Å²) in [6, 6.07) is 1.24. The topological polar surface area (TPSA) is 41.1 Å². The molecule has 4 heteroatoms. The van der Waals surface area contributed by atoms with Crippen LogP contribution in [0.4, 0.5) is 11.8 Å².